The van der Waals surface area contributed by atoms with Crippen LogP contribution in [0.1, 0.15) is 65.2 Å². The summed E-state index contributed by atoms with van der Waals surface area (Å²) in [5.41, 5.74) is 0. The van der Waals surface area contributed by atoms with Crippen LogP contribution < -0.4 is 0 Å². The van der Waals surface area contributed by atoms with Crippen molar-refractivity contribution in [1.82, 2.24) is 0 Å². The standard InChI is InChI=1S/2C6H13.3O.2Ti/c2*1-3-5-6-4-2;;;;;/h2*1,3-6H2,2H3;;;;;/q2*-1;3*-2;2*+4. The van der Waals surface area contributed by atoms with Gasteiger partial charge < -0.3 is 30.3 Å². The molecule has 0 heterocycles. The molecule has 100 valence electrons. The molecule has 0 aliphatic heterocycles. The van der Waals surface area contributed by atoms with Gasteiger partial charge in [-0.25, -0.2) is 0 Å². The maximum atomic E-state index is 3.72. The summed E-state index contributed by atoms with van der Waals surface area (Å²) in [5.74, 6) is 0. The normalized spacial score (nSPS) is 6.35. The van der Waals surface area contributed by atoms with Gasteiger partial charge in [0.1, 0.15) is 0 Å². The summed E-state index contributed by atoms with van der Waals surface area (Å²) >= 11 is 0. The Morgan fingerprint density at radius 2 is 0.824 bits per heavy atom. The fourth-order valence-corrected chi connectivity index (χ4v) is 0.854. The molecule has 0 aliphatic rings. The van der Waals surface area contributed by atoms with E-state index in [1.54, 1.807) is 0 Å². The third-order valence-electron chi connectivity index (χ3n) is 1.71. The van der Waals surface area contributed by atoms with Crippen LogP contribution in [0.4, 0.5) is 0 Å². The number of hydrogen-bond donors (Lipinski definition) is 0. The van der Waals surface area contributed by atoms with Crippen molar-refractivity contribution in [2.45, 2.75) is 65.2 Å². The molecule has 0 rings (SSSR count). The zero-order valence-electron chi connectivity index (χ0n) is 11.3. The molecule has 0 saturated carbocycles. The Labute approximate surface area is 138 Å². The molecule has 17 heavy (non-hydrogen) atoms. The monoisotopic (exact) mass is 314 g/mol. The smallest absolute Gasteiger partial charge is 2.00 e. The van der Waals surface area contributed by atoms with Crippen LogP contribution in [-0.4, -0.2) is 0 Å². The topological polar surface area (TPSA) is 85.5 Å². The first-order valence-corrected chi connectivity index (χ1v) is 5.41. The zero-order chi connectivity index (χ0) is 9.66. The van der Waals surface area contributed by atoms with Crippen LogP contribution in [0, 0.1) is 13.8 Å². The first kappa shape index (κ1) is 42.9. The van der Waals surface area contributed by atoms with E-state index in [-0.39, 0.29) is 59.9 Å². The van der Waals surface area contributed by atoms with E-state index in [1.165, 1.54) is 38.5 Å². The summed E-state index contributed by atoms with van der Waals surface area (Å²) in [6.07, 6.45) is 10.1. The molecule has 0 atom stereocenters. The van der Waals surface area contributed by atoms with E-state index in [2.05, 4.69) is 27.7 Å². The third-order valence-corrected chi connectivity index (χ3v) is 1.71. The van der Waals surface area contributed by atoms with Crippen LogP contribution in [0.3, 0.4) is 0 Å². The minimum Gasteiger partial charge on any atom is -2.00 e. The van der Waals surface area contributed by atoms with Gasteiger partial charge in [0.2, 0.25) is 0 Å². The van der Waals surface area contributed by atoms with E-state index in [9.17, 15) is 0 Å². The van der Waals surface area contributed by atoms with Crippen molar-refractivity contribution >= 4 is 0 Å². The predicted molar refractivity (Wildman–Crippen MR) is 61.1 cm³/mol. The second-order valence-electron chi connectivity index (χ2n) is 3.12. The van der Waals surface area contributed by atoms with E-state index in [1.807, 2.05) is 0 Å². The molecule has 0 aromatic heterocycles. The fourth-order valence-electron chi connectivity index (χ4n) is 0.854. The first-order valence-electron chi connectivity index (χ1n) is 5.41. The summed E-state index contributed by atoms with van der Waals surface area (Å²) in [5, 5.41) is 0. The third kappa shape index (κ3) is 75.9. The Bertz CT molecular complexity index is 51.7. The summed E-state index contributed by atoms with van der Waals surface area (Å²) in [6, 6.07) is 0. The van der Waals surface area contributed by atoms with Crippen molar-refractivity contribution in [3.05, 3.63) is 13.8 Å². The van der Waals surface area contributed by atoms with Crippen LogP contribution in [0.5, 0.6) is 0 Å². The van der Waals surface area contributed by atoms with Crippen molar-refractivity contribution in [3.8, 4) is 0 Å². The van der Waals surface area contributed by atoms with Crippen LogP contribution >= 0.6 is 0 Å². The van der Waals surface area contributed by atoms with Crippen LogP contribution in [-0.2, 0) is 59.9 Å². The van der Waals surface area contributed by atoms with Crippen LogP contribution in [0.2, 0.25) is 0 Å². The Hall–Kier alpha value is 1.31. The molecule has 0 N–H and O–H groups in total. The van der Waals surface area contributed by atoms with E-state index >= 15 is 0 Å². The van der Waals surface area contributed by atoms with Gasteiger partial charge >= 0.3 is 43.4 Å². The van der Waals surface area contributed by atoms with Crippen molar-refractivity contribution in [2.75, 3.05) is 0 Å². The second kappa shape index (κ2) is 53.1. The molecular formula is C12H26O3Ti2. The van der Waals surface area contributed by atoms with E-state index < -0.39 is 0 Å². The SMILES string of the molecule is [CH2-]CCCCC.[CH2-]CCCCC.[O-2].[O-2].[O-2].[Ti+4].[Ti+4]. The van der Waals surface area contributed by atoms with Crippen LogP contribution in [0.15, 0.2) is 0 Å². The maximum Gasteiger partial charge on any atom is 4.00 e. The summed E-state index contributed by atoms with van der Waals surface area (Å²) in [4.78, 5) is 0. The molecule has 0 aliphatic carbocycles. The minimum atomic E-state index is 0. The molecule has 0 aromatic carbocycles. The van der Waals surface area contributed by atoms with Crippen molar-refractivity contribution in [1.29, 1.82) is 0 Å². The summed E-state index contributed by atoms with van der Waals surface area (Å²) in [7, 11) is 0. The van der Waals surface area contributed by atoms with Gasteiger partial charge in [-0.15, -0.1) is 0 Å². The molecule has 5 heteroatoms. The molecule has 0 radical (unpaired) electrons. The number of unbranched alkanes of at least 4 members (excludes halogenated alkanes) is 6. The molecule has 0 unspecified atom stereocenters. The summed E-state index contributed by atoms with van der Waals surface area (Å²) < 4.78 is 0. The largest absolute Gasteiger partial charge is 4.00 e. The number of rotatable bonds is 6. The van der Waals surface area contributed by atoms with E-state index in [0.29, 0.717) is 0 Å². The minimum absolute atomic E-state index is 0. The van der Waals surface area contributed by atoms with Gasteiger partial charge in [0.05, 0.1) is 0 Å². The zero-order valence-corrected chi connectivity index (χ0v) is 14.4. The maximum absolute atomic E-state index is 3.72. The summed E-state index contributed by atoms with van der Waals surface area (Å²) in [6.45, 7) is 11.9. The first-order chi connectivity index (χ1) is 5.83. The van der Waals surface area contributed by atoms with Crippen molar-refractivity contribution in [2.24, 2.45) is 0 Å². The predicted octanol–water partition coefficient (Wildman–Crippen LogP) is 4.44. The molecule has 0 bridgehead atoms. The van der Waals surface area contributed by atoms with Gasteiger partial charge in [-0.3, -0.25) is 0 Å². The van der Waals surface area contributed by atoms with E-state index in [0.717, 1.165) is 12.8 Å². The average Bonchev–Trinajstić information content (AvgIpc) is 2.12. The quantitative estimate of drug-likeness (QED) is 0.394. The Balaban J connectivity index is -0.0000000182. The second-order valence-corrected chi connectivity index (χ2v) is 3.12. The average molecular weight is 314 g/mol. The van der Waals surface area contributed by atoms with Gasteiger partial charge in [0.15, 0.2) is 0 Å². The van der Waals surface area contributed by atoms with Gasteiger partial charge in [0, 0.05) is 0 Å². The molecule has 0 saturated heterocycles. The molecule has 0 fully saturated rings. The van der Waals surface area contributed by atoms with E-state index in [4.69, 9.17) is 0 Å². The Morgan fingerprint density at radius 3 is 0.882 bits per heavy atom. The van der Waals surface area contributed by atoms with Gasteiger partial charge in [-0.2, -0.15) is 12.8 Å². The molecule has 0 aromatic rings. The van der Waals surface area contributed by atoms with Crippen molar-refractivity contribution in [3.63, 3.8) is 0 Å². The Kier molecular flexibility index (Phi) is 134. The van der Waals surface area contributed by atoms with Crippen molar-refractivity contribution < 1.29 is 59.9 Å². The number of hydrogen-bond acceptors (Lipinski definition) is 0. The Morgan fingerprint density at radius 1 is 0.588 bits per heavy atom. The molecule has 3 nitrogen and oxygen atoms in total. The van der Waals surface area contributed by atoms with Gasteiger partial charge in [0.25, 0.3) is 0 Å². The molecular weight excluding hydrogens is 288 g/mol. The fraction of sp³-hybridized carbons (Fsp3) is 0.833. The van der Waals surface area contributed by atoms with Gasteiger partial charge in [-0.1, -0.05) is 52.4 Å². The molecule has 0 spiro atoms. The van der Waals surface area contributed by atoms with Gasteiger partial charge in [-0.05, 0) is 0 Å². The van der Waals surface area contributed by atoms with Crippen LogP contribution in [0.25, 0.3) is 0 Å². The molecule has 0 amide bonds.